The van der Waals surface area contributed by atoms with Crippen molar-refractivity contribution in [3.8, 4) is 0 Å². The normalized spacial score (nSPS) is 18.1. The topological polar surface area (TPSA) is 70.5 Å². The van der Waals surface area contributed by atoms with E-state index < -0.39 is 23.5 Å². The van der Waals surface area contributed by atoms with Gasteiger partial charge in [0.1, 0.15) is 11.6 Å². The van der Waals surface area contributed by atoms with E-state index in [1.165, 1.54) is 29.2 Å². The van der Waals surface area contributed by atoms with Gasteiger partial charge in [-0.15, -0.1) is 0 Å². The molecule has 0 spiro atoms. The number of hydrogen-bond donors (Lipinski definition) is 1. The van der Waals surface area contributed by atoms with Crippen LogP contribution in [0.15, 0.2) is 78.5 Å². The van der Waals surface area contributed by atoms with Crippen molar-refractivity contribution in [2.45, 2.75) is 12.6 Å². The molecule has 1 amide bonds. The molecule has 1 N–H and O–H groups in total. The predicted octanol–water partition coefficient (Wildman–Crippen LogP) is 4.50. The Labute approximate surface area is 177 Å². The van der Waals surface area contributed by atoms with Crippen LogP contribution in [0, 0.1) is 5.82 Å². The van der Waals surface area contributed by atoms with Gasteiger partial charge in [0.25, 0.3) is 11.7 Å². The average Bonchev–Trinajstić information content (AvgIpc) is 3.00. The number of likely N-dealkylation sites (tertiary alicyclic amines) is 1. The largest absolute Gasteiger partial charge is 0.507 e. The zero-order chi connectivity index (χ0) is 21.3. The van der Waals surface area contributed by atoms with Crippen molar-refractivity contribution in [3.05, 3.63) is 106 Å². The fraction of sp³-hybridized carbons (Fsp3) is 0.0870. The number of aliphatic hydroxyl groups is 1. The van der Waals surface area contributed by atoms with Crippen LogP contribution in [0.25, 0.3) is 5.76 Å². The SMILES string of the molecule is O=C1C(=O)N(Cc2ccccn2)C(c2ccc(Cl)cc2)/C1=C(\O)c1ccc(F)cc1. The van der Waals surface area contributed by atoms with E-state index in [2.05, 4.69) is 4.98 Å². The molecule has 3 aromatic rings. The van der Waals surface area contributed by atoms with Crippen molar-refractivity contribution in [1.29, 1.82) is 0 Å². The van der Waals surface area contributed by atoms with E-state index in [-0.39, 0.29) is 23.4 Å². The first-order valence-electron chi connectivity index (χ1n) is 9.15. The molecule has 2 heterocycles. The Morgan fingerprint density at radius 1 is 1.03 bits per heavy atom. The Balaban J connectivity index is 1.85. The highest BCUT2D eigenvalue weighted by Gasteiger charge is 2.46. The van der Waals surface area contributed by atoms with Gasteiger partial charge in [-0.2, -0.15) is 0 Å². The summed E-state index contributed by atoms with van der Waals surface area (Å²) in [6.45, 7) is 0.0822. The maximum absolute atomic E-state index is 13.3. The summed E-state index contributed by atoms with van der Waals surface area (Å²) in [5, 5.41) is 11.4. The summed E-state index contributed by atoms with van der Waals surface area (Å²) < 4.78 is 13.3. The van der Waals surface area contributed by atoms with Gasteiger partial charge in [0, 0.05) is 16.8 Å². The first-order valence-corrected chi connectivity index (χ1v) is 9.53. The number of aromatic nitrogens is 1. The van der Waals surface area contributed by atoms with Crippen LogP contribution in [0.1, 0.15) is 22.9 Å². The van der Waals surface area contributed by atoms with Crippen molar-refractivity contribution < 1.29 is 19.1 Å². The van der Waals surface area contributed by atoms with Crippen LogP contribution in [0.4, 0.5) is 4.39 Å². The average molecular weight is 423 g/mol. The van der Waals surface area contributed by atoms with Crippen molar-refractivity contribution in [2.24, 2.45) is 0 Å². The summed E-state index contributed by atoms with van der Waals surface area (Å²) in [5.41, 5.74) is 1.38. The third kappa shape index (κ3) is 3.69. The zero-order valence-corrected chi connectivity index (χ0v) is 16.4. The third-order valence-corrected chi connectivity index (χ3v) is 5.15. The highest BCUT2D eigenvalue weighted by atomic mass is 35.5. The summed E-state index contributed by atoms with van der Waals surface area (Å²) in [6.07, 6.45) is 1.60. The lowest BCUT2D eigenvalue weighted by Gasteiger charge is -2.25. The number of ketones is 1. The lowest BCUT2D eigenvalue weighted by atomic mass is 9.95. The highest BCUT2D eigenvalue weighted by molar-refractivity contribution is 6.46. The van der Waals surface area contributed by atoms with E-state index in [4.69, 9.17) is 11.6 Å². The van der Waals surface area contributed by atoms with Crippen LogP contribution in [0.3, 0.4) is 0 Å². The van der Waals surface area contributed by atoms with Crippen LogP contribution in [0.2, 0.25) is 5.02 Å². The molecular weight excluding hydrogens is 407 g/mol. The fourth-order valence-electron chi connectivity index (χ4n) is 3.46. The molecule has 150 valence electrons. The number of carbonyl (C=O) groups excluding carboxylic acids is 2. The number of aliphatic hydroxyl groups excluding tert-OH is 1. The van der Waals surface area contributed by atoms with Gasteiger partial charge in [-0.1, -0.05) is 29.8 Å². The Hall–Kier alpha value is -3.51. The van der Waals surface area contributed by atoms with Gasteiger partial charge in [-0.3, -0.25) is 14.6 Å². The highest BCUT2D eigenvalue weighted by Crippen LogP contribution is 2.40. The van der Waals surface area contributed by atoms with Crippen molar-refractivity contribution >= 4 is 29.1 Å². The molecule has 7 heteroatoms. The fourth-order valence-corrected chi connectivity index (χ4v) is 3.59. The first-order chi connectivity index (χ1) is 14.5. The molecule has 2 aromatic carbocycles. The minimum absolute atomic E-state index is 0.0649. The number of pyridine rings is 1. The second kappa shape index (κ2) is 8.08. The van der Waals surface area contributed by atoms with E-state index in [1.807, 2.05) is 0 Å². The number of hydrogen-bond acceptors (Lipinski definition) is 4. The molecule has 5 nitrogen and oxygen atoms in total. The Morgan fingerprint density at radius 3 is 2.37 bits per heavy atom. The van der Waals surface area contributed by atoms with E-state index in [0.717, 1.165) is 0 Å². The van der Waals surface area contributed by atoms with Crippen LogP contribution >= 0.6 is 11.6 Å². The first kappa shape index (κ1) is 19.8. The van der Waals surface area contributed by atoms with Crippen molar-refractivity contribution in [2.75, 3.05) is 0 Å². The third-order valence-electron chi connectivity index (χ3n) is 4.90. The number of nitrogens with zero attached hydrogens (tertiary/aromatic N) is 2. The van der Waals surface area contributed by atoms with E-state index in [9.17, 15) is 19.1 Å². The van der Waals surface area contributed by atoms with Crippen molar-refractivity contribution in [1.82, 2.24) is 9.88 Å². The molecule has 1 fully saturated rings. The van der Waals surface area contributed by atoms with Gasteiger partial charge in [0.2, 0.25) is 0 Å². The lowest BCUT2D eigenvalue weighted by Crippen LogP contribution is -2.29. The van der Waals surface area contributed by atoms with Crippen molar-refractivity contribution in [3.63, 3.8) is 0 Å². The number of Topliss-reactive ketones (excluding diaryl/α,β-unsaturated/α-hetero) is 1. The molecule has 0 radical (unpaired) electrons. The van der Waals surface area contributed by atoms with Gasteiger partial charge < -0.3 is 10.0 Å². The Kier molecular flexibility index (Phi) is 5.33. The van der Waals surface area contributed by atoms with E-state index in [0.29, 0.717) is 16.3 Å². The number of rotatable bonds is 4. The second-order valence-electron chi connectivity index (χ2n) is 6.81. The number of amides is 1. The van der Waals surface area contributed by atoms with Gasteiger partial charge in [-0.05, 0) is 54.1 Å². The van der Waals surface area contributed by atoms with Crippen LogP contribution in [-0.4, -0.2) is 26.7 Å². The van der Waals surface area contributed by atoms with Gasteiger partial charge in [-0.25, -0.2) is 4.39 Å². The molecule has 1 aliphatic rings. The number of halogens is 2. The van der Waals surface area contributed by atoms with E-state index in [1.54, 1.807) is 48.7 Å². The number of carbonyl (C=O) groups is 2. The standard InChI is InChI=1S/C23H16ClFN2O3/c24-16-8-4-14(5-9-16)20-19(21(28)15-6-10-17(25)11-7-15)22(29)23(30)27(20)13-18-3-1-2-12-26-18/h1-12,20,28H,13H2/b21-19+. The second-order valence-corrected chi connectivity index (χ2v) is 7.24. The minimum Gasteiger partial charge on any atom is -0.507 e. The zero-order valence-electron chi connectivity index (χ0n) is 15.6. The quantitative estimate of drug-likeness (QED) is 0.382. The maximum atomic E-state index is 13.3. The van der Waals surface area contributed by atoms with Crippen LogP contribution in [0.5, 0.6) is 0 Å². The van der Waals surface area contributed by atoms with Gasteiger partial charge >= 0.3 is 0 Å². The molecule has 0 bridgehead atoms. The monoisotopic (exact) mass is 422 g/mol. The molecule has 1 atom stereocenters. The minimum atomic E-state index is -0.839. The summed E-state index contributed by atoms with van der Waals surface area (Å²) >= 11 is 6.00. The van der Waals surface area contributed by atoms with Crippen LogP contribution in [-0.2, 0) is 16.1 Å². The lowest BCUT2D eigenvalue weighted by molar-refractivity contribution is -0.140. The molecular formula is C23H16ClFN2O3. The van der Waals surface area contributed by atoms with Crippen LogP contribution < -0.4 is 0 Å². The molecule has 1 saturated heterocycles. The molecule has 1 aliphatic heterocycles. The number of benzene rings is 2. The molecule has 0 saturated carbocycles. The molecule has 1 aromatic heterocycles. The van der Waals surface area contributed by atoms with Gasteiger partial charge in [0.05, 0.1) is 23.9 Å². The summed E-state index contributed by atoms with van der Waals surface area (Å²) in [7, 11) is 0. The summed E-state index contributed by atoms with van der Waals surface area (Å²) in [5.74, 6) is -2.40. The predicted molar refractivity (Wildman–Crippen MR) is 110 cm³/mol. The Bertz CT molecular complexity index is 1130. The Morgan fingerprint density at radius 2 is 1.73 bits per heavy atom. The molecule has 30 heavy (non-hydrogen) atoms. The summed E-state index contributed by atoms with van der Waals surface area (Å²) in [4.78, 5) is 31.4. The molecule has 1 unspecified atom stereocenters. The summed E-state index contributed by atoms with van der Waals surface area (Å²) in [6, 6.07) is 16.2. The van der Waals surface area contributed by atoms with E-state index >= 15 is 0 Å². The molecule has 0 aliphatic carbocycles. The smallest absolute Gasteiger partial charge is 0.296 e. The maximum Gasteiger partial charge on any atom is 0.296 e. The molecule has 4 rings (SSSR count). The van der Waals surface area contributed by atoms with Gasteiger partial charge in [0.15, 0.2) is 0 Å².